The molecule has 10 rings (SSSR count). The van der Waals surface area contributed by atoms with Crippen LogP contribution in [0.2, 0.25) is 0 Å². The van der Waals surface area contributed by atoms with Crippen molar-refractivity contribution in [3.63, 3.8) is 0 Å². The Hall–Kier alpha value is -6.12. The highest BCUT2D eigenvalue weighted by molar-refractivity contribution is 6.29. The van der Waals surface area contributed by atoms with E-state index in [4.69, 9.17) is 8.83 Å². The highest BCUT2D eigenvalue weighted by Gasteiger charge is 2.25. The molecule has 214 valence electrons. The molecule has 2 heteroatoms. The highest BCUT2D eigenvalue weighted by atomic mass is 16.3. The first-order valence-corrected chi connectivity index (χ1v) is 15.7. The lowest BCUT2D eigenvalue weighted by molar-refractivity contribution is 0.665. The number of hydrogen-bond acceptors (Lipinski definition) is 2. The lowest BCUT2D eigenvalue weighted by atomic mass is 9.86. The number of furan rings is 2. The van der Waals surface area contributed by atoms with Gasteiger partial charge in [0.1, 0.15) is 22.3 Å². The van der Waals surface area contributed by atoms with Crippen LogP contribution < -0.4 is 0 Å². The van der Waals surface area contributed by atoms with Gasteiger partial charge in [-0.15, -0.1) is 0 Å². The zero-order chi connectivity index (χ0) is 30.2. The molecule has 0 bridgehead atoms. The molecule has 0 aliphatic rings. The van der Waals surface area contributed by atoms with Gasteiger partial charge in [-0.25, -0.2) is 0 Å². The van der Waals surface area contributed by atoms with Crippen LogP contribution in [0.4, 0.5) is 0 Å². The van der Waals surface area contributed by atoms with Crippen LogP contribution in [0, 0.1) is 0 Å². The van der Waals surface area contributed by atoms with E-state index in [2.05, 4.69) is 146 Å². The van der Waals surface area contributed by atoms with Crippen LogP contribution in [0.5, 0.6) is 0 Å². The summed E-state index contributed by atoms with van der Waals surface area (Å²) in [6, 6.07) is 55.9. The Balaban J connectivity index is 1.39. The molecule has 0 aliphatic carbocycles. The fourth-order valence-electron chi connectivity index (χ4n) is 7.44. The molecule has 0 spiro atoms. The van der Waals surface area contributed by atoms with E-state index in [1.54, 1.807) is 0 Å². The number of rotatable bonds is 3. The second-order valence-electron chi connectivity index (χ2n) is 12.0. The minimum atomic E-state index is 0.868. The van der Waals surface area contributed by atoms with Crippen molar-refractivity contribution < 1.29 is 8.83 Å². The summed E-state index contributed by atoms with van der Waals surface area (Å²) in [5.74, 6) is 0. The van der Waals surface area contributed by atoms with E-state index in [-0.39, 0.29) is 0 Å². The van der Waals surface area contributed by atoms with Gasteiger partial charge in [-0.2, -0.15) is 0 Å². The lowest BCUT2D eigenvalue weighted by Crippen LogP contribution is -1.90. The summed E-state index contributed by atoms with van der Waals surface area (Å²) in [7, 11) is 0. The average Bonchev–Trinajstić information content (AvgIpc) is 3.70. The number of hydrogen-bond donors (Lipinski definition) is 0. The molecular weight excluding hydrogens is 560 g/mol. The summed E-state index contributed by atoms with van der Waals surface area (Å²) in [5, 5.41) is 9.21. The van der Waals surface area contributed by atoms with E-state index >= 15 is 0 Å². The molecule has 46 heavy (non-hydrogen) atoms. The van der Waals surface area contributed by atoms with Gasteiger partial charge in [-0.3, -0.25) is 0 Å². The molecular formula is C44H26O2. The molecule has 0 amide bonds. The molecule has 0 radical (unpaired) electrons. The van der Waals surface area contributed by atoms with Gasteiger partial charge in [-0.05, 0) is 62.5 Å². The van der Waals surface area contributed by atoms with E-state index in [1.165, 1.54) is 27.3 Å². The maximum absolute atomic E-state index is 6.89. The SMILES string of the molecule is c1ccc(-c2ccc(-c3c4ccccc4c(-c4ccc5ccccc5c4)c4c3oc3ccccc34)c3oc4ccccc4c23)cc1. The van der Waals surface area contributed by atoms with Gasteiger partial charge in [0.25, 0.3) is 0 Å². The summed E-state index contributed by atoms with van der Waals surface area (Å²) < 4.78 is 13.7. The summed E-state index contributed by atoms with van der Waals surface area (Å²) in [6.45, 7) is 0. The Labute approximate surface area is 264 Å². The Kier molecular flexibility index (Phi) is 5.31. The summed E-state index contributed by atoms with van der Waals surface area (Å²) >= 11 is 0. The van der Waals surface area contributed by atoms with Gasteiger partial charge in [-0.1, -0.05) is 133 Å². The predicted molar refractivity (Wildman–Crippen MR) is 192 cm³/mol. The molecule has 10 aromatic rings. The van der Waals surface area contributed by atoms with Gasteiger partial charge in [0.05, 0.1) is 0 Å². The van der Waals surface area contributed by atoms with Gasteiger partial charge >= 0.3 is 0 Å². The van der Waals surface area contributed by atoms with Gasteiger partial charge in [0.15, 0.2) is 0 Å². The van der Waals surface area contributed by atoms with E-state index in [0.717, 1.165) is 71.5 Å². The molecule has 2 aromatic heterocycles. The van der Waals surface area contributed by atoms with Crippen molar-refractivity contribution in [3.8, 4) is 33.4 Å². The fourth-order valence-corrected chi connectivity index (χ4v) is 7.44. The van der Waals surface area contributed by atoms with Crippen molar-refractivity contribution in [2.45, 2.75) is 0 Å². The Morgan fingerprint density at radius 2 is 0.891 bits per heavy atom. The molecule has 0 saturated heterocycles. The standard InChI is InChI=1S/C44H26O2/c1-2-13-28(14-3-1)31-24-25-36(43-40(31)34-18-8-10-20-37(34)45-43)41-33-17-7-6-16-32(33)39(30-23-22-27-12-4-5-15-29(27)26-30)42-35-19-9-11-21-38(35)46-44(41)42/h1-26H. The van der Waals surface area contributed by atoms with Crippen molar-refractivity contribution in [3.05, 3.63) is 158 Å². The molecule has 0 fully saturated rings. The molecule has 8 aromatic carbocycles. The van der Waals surface area contributed by atoms with Crippen molar-refractivity contribution >= 4 is 65.4 Å². The van der Waals surface area contributed by atoms with E-state index in [0.29, 0.717) is 0 Å². The number of para-hydroxylation sites is 2. The minimum absolute atomic E-state index is 0.868. The van der Waals surface area contributed by atoms with Crippen LogP contribution in [0.1, 0.15) is 0 Å². The van der Waals surface area contributed by atoms with E-state index in [9.17, 15) is 0 Å². The Morgan fingerprint density at radius 3 is 1.65 bits per heavy atom. The minimum Gasteiger partial charge on any atom is -0.455 e. The topological polar surface area (TPSA) is 26.3 Å². The zero-order valence-electron chi connectivity index (χ0n) is 24.8. The van der Waals surface area contributed by atoms with Crippen LogP contribution in [0.3, 0.4) is 0 Å². The number of fused-ring (bicyclic) bond motifs is 8. The molecule has 0 N–H and O–H groups in total. The first-order chi connectivity index (χ1) is 22.8. The molecule has 2 nitrogen and oxygen atoms in total. The van der Waals surface area contributed by atoms with Crippen molar-refractivity contribution in [1.82, 2.24) is 0 Å². The van der Waals surface area contributed by atoms with Crippen molar-refractivity contribution in [2.24, 2.45) is 0 Å². The average molecular weight is 587 g/mol. The highest BCUT2D eigenvalue weighted by Crippen LogP contribution is 2.50. The first-order valence-electron chi connectivity index (χ1n) is 15.7. The number of benzene rings is 8. The second kappa shape index (κ2) is 9.69. The predicted octanol–water partition coefficient (Wildman–Crippen LogP) is 12.8. The van der Waals surface area contributed by atoms with E-state index in [1.807, 2.05) is 12.1 Å². The van der Waals surface area contributed by atoms with Gasteiger partial charge in [0, 0.05) is 38.2 Å². The quantitative estimate of drug-likeness (QED) is 0.206. The second-order valence-corrected chi connectivity index (χ2v) is 12.0. The van der Waals surface area contributed by atoms with Crippen LogP contribution in [-0.2, 0) is 0 Å². The third-order valence-corrected chi connectivity index (χ3v) is 9.46. The van der Waals surface area contributed by atoms with Crippen molar-refractivity contribution in [2.75, 3.05) is 0 Å². The lowest BCUT2D eigenvalue weighted by Gasteiger charge is -2.16. The normalized spacial score (nSPS) is 11.9. The molecule has 0 unspecified atom stereocenters. The molecule has 0 atom stereocenters. The van der Waals surface area contributed by atoms with Crippen LogP contribution in [-0.4, -0.2) is 0 Å². The molecule has 0 aliphatic heterocycles. The Bertz CT molecular complexity index is 2800. The van der Waals surface area contributed by atoms with Gasteiger partial charge in [0.2, 0.25) is 0 Å². The van der Waals surface area contributed by atoms with Crippen LogP contribution >= 0.6 is 0 Å². The fraction of sp³-hybridized carbons (Fsp3) is 0. The largest absolute Gasteiger partial charge is 0.455 e. The monoisotopic (exact) mass is 586 g/mol. The van der Waals surface area contributed by atoms with Crippen LogP contribution in [0.15, 0.2) is 167 Å². The zero-order valence-corrected chi connectivity index (χ0v) is 24.8. The first kappa shape index (κ1) is 25.2. The van der Waals surface area contributed by atoms with Gasteiger partial charge < -0.3 is 8.83 Å². The maximum Gasteiger partial charge on any atom is 0.144 e. The maximum atomic E-state index is 6.89. The molecule has 2 heterocycles. The summed E-state index contributed by atoms with van der Waals surface area (Å²) in [6.07, 6.45) is 0. The summed E-state index contributed by atoms with van der Waals surface area (Å²) in [4.78, 5) is 0. The Morgan fingerprint density at radius 1 is 0.326 bits per heavy atom. The van der Waals surface area contributed by atoms with Crippen molar-refractivity contribution in [1.29, 1.82) is 0 Å². The van der Waals surface area contributed by atoms with E-state index < -0.39 is 0 Å². The molecule has 0 saturated carbocycles. The smallest absolute Gasteiger partial charge is 0.144 e. The third kappa shape index (κ3) is 3.59. The summed E-state index contributed by atoms with van der Waals surface area (Å²) in [5.41, 5.74) is 10.2. The van der Waals surface area contributed by atoms with Crippen LogP contribution in [0.25, 0.3) is 98.8 Å². The third-order valence-electron chi connectivity index (χ3n) is 9.46.